The zero-order valence-corrected chi connectivity index (χ0v) is 12.4. The summed E-state index contributed by atoms with van der Waals surface area (Å²) >= 11 is 1.41. The van der Waals surface area contributed by atoms with Crippen molar-refractivity contribution in [1.82, 2.24) is 4.98 Å². The van der Waals surface area contributed by atoms with E-state index in [1.807, 2.05) is 31.2 Å². The highest BCUT2D eigenvalue weighted by Crippen LogP contribution is 2.19. The van der Waals surface area contributed by atoms with Crippen LogP contribution in [0.1, 0.15) is 25.8 Å². The molecule has 1 unspecified atom stereocenters. The van der Waals surface area contributed by atoms with E-state index in [4.69, 9.17) is 10.5 Å². The first-order chi connectivity index (χ1) is 9.69. The number of nitrogens with zero attached hydrogens (tertiary/aromatic N) is 2. The second-order valence-electron chi connectivity index (χ2n) is 4.32. The molecular formula is C14H18N4OS. The van der Waals surface area contributed by atoms with Gasteiger partial charge in [0.05, 0.1) is 12.3 Å². The summed E-state index contributed by atoms with van der Waals surface area (Å²) in [6, 6.07) is 7.80. The molecule has 6 heteroatoms. The molecule has 1 atom stereocenters. The van der Waals surface area contributed by atoms with E-state index in [2.05, 4.69) is 22.4 Å². The van der Waals surface area contributed by atoms with Crippen LogP contribution in [0.2, 0.25) is 0 Å². The number of nitrogen functional groups attached to an aromatic ring is 1. The van der Waals surface area contributed by atoms with Crippen LogP contribution >= 0.6 is 11.3 Å². The largest absolute Gasteiger partial charge is 0.490 e. The average Bonchev–Trinajstić information content (AvgIpc) is 2.86. The van der Waals surface area contributed by atoms with Gasteiger partial charge in [0.25, 0.3) is 0 Å². The lowest BCUT2D eigenvalue weighted by molar-refractivity contribution is 0.217. The van der Waals surface area contributed by atoms with E-state index >= 15 is 0 Å². The second-order valence-corrected chi connectivity index (χ2v) is 5.18. The number of thiazole rings is 1. The maximum Gasteiger partial charge on any atom is 0.205 e. The van der Waals surface area contributed by atoms with E-state index < -0.39 is 0 Å². The Kier molecular flexibility index (Phi) is 4.95. The van der Waals surface area contributed by atoms with Gasteiger partial charge in [-0.1, -0.05) is 19.1 Å². The summed E-state index contributed by atoms with van der Waals surface area (Å²) in [6.07, 6.45) is 2.86. The Labute approximate surface area is 122 Å². The molecule has 0 aliphatic rings. The first kappa shape index (κ1) is 14.3. The van der Waals surface area contributed by atoms with Crippen LogP contribution in [0.5, 0.6) is 5.75 Å². The number of benzene rings is 1. The summed E-state index contributed by atoms with van der Waals surface area (Å²) in [4.78, 5) is 4.07. The normalized spacial score (nSPS) is 12.5. The maximum atomic E-state index is 5.85. The number of nitrogens with two attached hydrogens (primary N) is 1. The Morgan fingerprint density at radius 3 is 3.00 bits per heavy atom. The zero-order valence-electron chi connectivity index (χ0n) is 11.5. The summed E-state index contributed by atoms with van der Waals surface area (Å²) in [5.74, 6) is 1.32. The van der Waals surface area contributed by atoms with Gasteiger partial charge in [-0.2, -0.15) is 5.10 Å². The third-order valence-corrected chi connectivity index (χ3v) is 3.47. The third kappa shape index (κ3) is 3.96. The minimum absolute atomic E-state index is 0.177. The number of aromatic nitrogens is 1. The zero-order chi connectivity index (χ0) is 14.4. The summed E-state index contributed by atoms with van der Waals surface area (Å²) in [7, 11) is 0. The molecule has 0 aliphatic heterocycles. The number of ether oxygens (including phenoxy) is 1. The van der Waals surface area contributed by atoms with Crippen molar-refractivity contribution < 1.29 is 4.74 Å². The van der Waals surface area contributed by atoms with E-state index in [0.29, 0.717) is 10.9 Å². The molecule has 0 spiro atoms. The predicted molar refractivity (Wildman–Crippen MR) is 84.6 cm³/mol. The summed E-state index contributed by atoms with van der Waals surface area (Å²) in [5, 5.41) is 6.58. The lowest BCUT2D eigenvalue weighted by atomic mass is 10.2. The molecule has 1 aromatic carbocycles. The van der Waals surface area contributed by atoms with Crippen molar-refractivity contribution in [3.05, 3.63) is 35.2 Å². The van der Waals surface area contributed by atoms with Crippen LogP contribution in [-0.4, -0.2) is 17.3 Å². The molecule has 0 radical (unpaired) electrons. The SMILES string of the molecule is CCC(C)Oc1ccccc1C=NNc1nc(N)cs1. The number of anilines is 2. The molecule has 5 nitrogen and oxygen atoms in total. The maximum absolute atomic E-state index is 5.85. The van der Waals surface area contributed by atoms with Crippen LogP contribution in [0.15, 0.2) is 34.7 Å². The fraction of sp³-hybridized carbons (Fsp3) is 0.286. The molecular weight excluding hydrogens is 272 g/mol. The topological polar surface area (TPSA) is 72.5 Å². The fourth-order valence-electron chi connectivity index (χ4n) is 1.49. The van der Waals surface area contributed by atoms with Gasteiger partial charge in [0, 0.05) is 10.9 Å². The van der Waals surface area contributed by atoms with Gasteiger partial charge in [-0.3, -0.25) is 5.43 Å². The van der Waals surface area contributed by atoms with Gasteiger partial charge in [0.1, 0.15) is 11.6 Å². The van der Waals surface area contributed by atoms with Crippen LogP contribution < -0.4 is 15.9 Å². The molecule has 20 heavy (non-hydrogen) atoms. The quantitative estimate of drug-likeness (QED) is 0.632. The van der Waals surface area contributed by atoms with Crippen LogP contribution in [0.4, 0.5) is 10.9 Å². The van der Waals surface area contributed by atoms with Crippen LogP contribution in [0, 0.1) is 0 Å². The summed E-state index contributed by atoms with van der Waals surface area (Å²) in [5.41, 5.74) is 9.31. The van der Waals surface area contributed by atoms with E-state index in [1.165, 1.54) is 11.3 Å². The molecule has 3 N–H and O–H groups in total. The van der Waals surface area contributed by atoms with E-state index in [-0.39, 0.29) is 6.10 Å². The lowest BCUT2D eigenvalue weighted by Crippen LogP contribution is -2.11. The van der Waals surface area contributed by atoms with Gasteiger partial charge in [-0.05, 0) is 25.5 Å². The van der Waals surface area contributed by atoms with Crippen LogP contribution in [0.25, 0.3) is 0 Å². The molecule has 0 bridgehead atoms. The first-order valence-electron chi connectivity index (χ1n) is 6.44. The second kappa shape index (κ2) is 6.91. The van der Waals surface area contributed by atoms with Gasteiger partial charge in [0.2, 0.25) is 5.13 Å². The Hall–Kier alpha value is -2.08. The van der Waals surface area contributed by atoms with Gasteiger partial charge in [-0.25, -0.2) is 4.98 Å². The molecule has 1 aromatic heterocycles. The Morgan fingerprint density at radius 2 is 2.30 bits per heavy atom. The summed E-state index contributed by atoms with van der Waals surface area (Å²) < 4.78 is 5.85. The minimum atomic E-state index is 0.177. The Balaban J connectivity index is 2.04. The van der Waals surface area contributed by atoms with E-state index in [0.717, 1.165) is 17.7 Å². The molecule has 0 aliphatic carbocycles. The van der Waals surface area contributed by atoms with Crippen molar-refractivity contribution in [2.75, 3.05) is 11.2 Å². The van der Waals surface area contributed by atoms with Crippen molar-refractivity contribution in [2.24, 2.45) is 5.10 Å². The molecule has 1 heterocycles. The monoisotopic (exact) mass is 290 g/mol. The molecule has 0 amide bonds. The van der Waals surface area contributed by atoms with Crippen molar-refractivity contribution in [3.8, 4) is 5.75 Å². The fourth-order valence-corrected chi connectivity index (χ4v) is 2.04. The van der Waals surface area contributed by atoms with E-state index in [9.17, 15) is 0 Å². The first-order valence-corrected chi connectivity index (χ1v) is 7.32. The highest BCUT2D eigenvalue weighted by molar-refractivity contribution is 7.14. The molecule has 2 aromatic rings. The average molecular weight is 290 g/mol. The minimum Gasteiger partial charge on any atom is -0.490 e. The summed E-state index contributed by atoms with van der Waals surface area (Å²) in [6.45, 7) is 4.14. The number of nitrogens with one attached hydrogen (secondary N) is 1. The van der Waals surface area contributed by atoms with Gasteiger partial charge >= 0.3 is 0 Å². The van der Waals surface area contributed by atoms with Crippen LogP contribution in [-0.2, 0) is 0 Å². The smallest absolute Gasteiger partial charge is 0.205 e. The number of hydrogen-bond acceptors (Lipinski definition) is 6. The highest BCUT2D eigenvalue weighted by Gasteiger charge is 2.04. The Morgan fingerprint density at radius 1 is 1.50 bits per heavy atom. The number of hydrazone groups is 1. The van der Waals surface area contributed by atoms with Crippen molar-refractivity contribution in [2.45, 2.75) is 26.4 Å². The van der Waals surface area contributed by atoms with E-state index in [1.54, 1.807) is 11.6 Å². The Bertz CT molecular complexity index is 582. The lowest BCUT2D eigenvalue weighted by Gasteiger charge is -2.14. The molecule has 0 saturated heterocycles. The highest BCUT2D eigenvalue weighted by atomic mass is 32.1. The van der Waals surface area contributed by atoms with Gasteiger partial charge < -0.3 is 10.5 Å². The van der Waals surface area contributed by atoms with Gasteiger partial charge in [-0.15, -0.1) is 11.3 Å². The number of rotatable bonds is 6. The van der Waals surface area contributed by atoms with Crippen LogP contribution in [0.3, 0.4) is 0 Å². The predicted octanol–water partition coefficient (Wildman–Crippen LogP) is 3.35. The van der Waals surface area contributed by atoms with Crippen molar-refractivity contribution in [1.29, 1.82) is 0 Å². The molecule has 106 valence electrons. The number of para-hydroxylation sites is 1. The third-order valence-electron chi connectivity index (χ3n) is 2.71. The molecule has 0 saturated carbocycles. The van der Waals surface area contributed by atoms with Crippen molar-refractivity contribution in [3.63, 3.8) is 0 Å². The van der Waals surface area contributed by atoms with Crippen molar-refractivity contribution >= 4 is 28.5 Å². The van der Waals surface area contributed by atoms with Gasteiger partial charge in [0.15, 0.2) is 0 Å². The number of hydrogen-bond donors (Lipinski definition) is 2. The standard InChI is InChI=1S/C14H18N4OS/c1-3-10(2)19-12-7-5-4-6-11(12)8-16-18-14-17-13(15)9-20-14/h4-10H,3,15H2,1-2H3,(H,17,18). The molecule has 2 rings (SSSR count). The molecule has 0 fully saturated rings.